The summed E-state index contributed by atoms with van der Waals surface area (Å²) in [5.74, 6) is -18.4. The van der Waals surface area contributed by atoms with Gasteiger partial charge in [-0.2, -0.15) is 33.7 Å². The molecule has 0 radical (unpaired) electrons. The summed E-state index contributed by atoms with van der Waals surface area (Å²) in [7, 11) is -20.7. The van der Waals surface area contributed by atoms with E-state index in [0.29, 0.717) is 77.0 Å². The van der Waals surface area contributed by atoms with Gasteiger partial charge in [0.05, 0.1) is 22.3 Å². The zero-order valence-electron chi connectivity index (χ0n) is 57.2. The molecule has 1 aliphatic carbocycles. The Morgan fingerprint density at radius 1 is 0.229 bits per heavy atom. The molecule has 0 atom stereocenters. The van der Waals surface area contributed by atoms with Crippen LogP contribution in [0.3, 0.4) is 0 Å². The van der Waals surface area contributed by atoms with Crippen molar-refractivity contribution in [3.63, 3.8) is 0 Å². The molecule has 20 nitrogen and oxygen atoms in total. The van der Waals surface area contributed by atoms with Gasteiger partial charge >= 0.3 is 0 Å². The van der Waals surface area contributed by atoms with Gasteiger partial charge in [0.15, 0.2) is 0 Å². The van der Waals surface area contributed by atoms with Gasteiger partial charge in [-0.1, -0.05) is 233 Å². The van der Waals surface area contributed by atoms with E-state index in [1.165, 1.54) is 24.3 Å². The molecule has 96 heavy (non-hydrogen) atoms. The highest BCUT2D eigenvalue weighted by Crippen LogP contribution is 2.57. The van der Waals surface area contributed by atoms with Crippen molar-refractivity contribution in [1.29, 1.82) is 0 Å². The summed E-state index contributed by atoms with van der Waals surface area (Å²) in [5, 5.41) is 102. The molecule has 24 heteroatoms. The highest BCUT2D eigenvalue weighted by atomic mass is 32.2. The Bertz CT molecular complexity index is 3020. The minimum atomic E-state index is -5.18. The van der Waals surface area contributed by atoms with Crippen LogP contribution >= 0.6 is 0 Å². The summed E-state index contributed by atoms with van der Waals surface area (Å²) in [6.07, 6.45) is 25.2. The number of hydrogen-bond acceptors (Lipinski definition) is 16. The van der Waals surface area contributed by atoms with Gasteiger partial charge in [0.25, 0.3) is 40.5 Å². The van der Waals surface area contributed by atoms with Gasteiger partial charge in [-0.15, -0.1) is 0 Å². The van der Waals surface area contributed by atoms with Crippen molar-refractivity contribution in [1.82, 2.24) is 0 Å². The van der Waals surface area contributed by atoms with E-state index in [1.807, 2.05) is 0 Å². The van der Waals surface area contributed by atoms with Gasteiger partial charge in [-0.25, -0.2) is 0 Å². The first kappa shape index (κ1) is 81.6. The van der Waals surface area contributed by atoms with Gasteiger partial charge in [-0.05, 0) is 49.9 Å². The number of fused-ring (bicyclic) bond motifs is 8. The van der Waals surface area contributed by atoms with E-state index in [1.54, 1.807) is 0 Å². The van der Waals surface area contributed by atoms with Gasteiger partial charge in [0.2, 0.25) is 0 Å². The van der Waals surface area contributed by atoms with Crippen LogP contribution in [-0.2, 0) is 63.5 Å². The van der Waals surface area contributed by atoms with E-state index in [4.69, 9.17) is 0 Å². The lowest BCUT2D eigenvalue weighted by atomic mass is 9.74. The zero-order chi connectivity index (χ0) is 71.0. The Labute approximate surface area is 572 Å². The quantitative estimate of drug-likeness (QED) is 0.0145. The van der Waals surface area contributed by atoms with Gasteiger partial charge in [-0.3, -0.25) is 18.2 Å². The molecule has 0 amide bonds. The molecule has 0 saturated heterocycles. The molecule has 0 fully saturated rings. The van der Waals surface area contributed by atoms with Crippen LogP contribution in [-0.4, -0.2) is 92.7 Å². The number of benzene rings is 4. The maximum atomic E-state index is 13.3. The largest absolute Gasteiger partial charge is 0.507 e. The summed E-state index contributed by atoms with van der Waals surface area (Å²) in [6, 6.07) is 5.32. The lowest BCUT2D eigenvalue weighted by Gasteiger charge is -2.31. The fourth-order valence-corrected chi connectivity index (χ4v) is 16.9. The Morgan fingerprint density at radius 2 is 0.354 bits per heavy atom. The molecule has 1 aliphatic rings. The van der Waals surface area contributed by atoms with Gasteiger partial charge in [0, 0.05) is 68.2 Å². The molecule has 0 saturated carbocycles. The third-order valence-corrected chi connectivity index (χ3v) is 22.0. The van der Waals surface area contributed by atoms with Crippen LogP contribution in [0.15, 0.2) is 24.3 Å². The normalized spacial score (nSPS) is 16.2. The second-order valence-corrected chi connectivity index (χ2v) is 32.9. The molecule has 0 aliphatic heterocycles. The third-order valence-electron chi connectivity index (χ3n) is 19.4. The maximum absolute atomic E-state index is 13.3. The van der Waals surface area contributed by atoms with Crippen LogP contribution in [0, 0.1) is 0 Å². The van der Waals surface area contributed by atoms with Crippen molar-refractivity contribution in [2.45, 2.75) is 306 Å². The number of phenols is 8. The number of phenolic OH excluding ortho intramolecular Hbond substituents is 8. The lowest BCUT2D eigenvalue weighted by Crippen LogP contribution is -2.16. The molecular weight excluding hydrogens is 1310 g/mol. The topological polar surface area (TPSA) is 379 Å². The van der Waals surface area contributed by atoms with Crippen LogP contribution < -0.4 is 0 Å². The van der Waals surface area contributed by atoms with Crippen molar-refractivity contribution in [2.24, 2.45) is 0 Å². The van der Waals surface area contributed by atoms with Crippen molar-refractivity contribution in [3.05, 3.63) is 91.0 Å². The van der Waals surface area contributed by atoms with Crippen LogP contribution in [0.25, 0.3) is 0 Å². The first-order chi connectivity index (χ1) is 45.4. The third kappa shape index (κ3) is 24.7. The van der Waals surface area contributed by atoms with Crippen molar-refractivity contribution < 1.29 is 92.7 Å². The fourth-order valence-electron chi connectivity index (χ4n) is 14.3. The minimum absolute atomic E-state index is 0.0484. The second-order valence-electron chi connectivity index (χ2n) is 27.1. The lowest BCUT2D eigenvalue weighted by molar-refractivity contribution is 0.405. The Morgan fingerprint density at radius 3 is 0.479 bits per heavy atom. The highest BCUT2D eigenvalue weighted by Gasteiger charge is 2.39. The fraction of sp³-hybridized carbons (Fsp3) is 0.667. The molecule has 0 spiro atoms. The van der Waals surface area contributed by atoms with E-state index in [-0.39, 0.29) is 70.2 Å². The minimum Gasteiger partial charge on any atom is -0.507 e. The molecule has 0 aromatic heterocycles. The summed E-state index contributed by atoms with van der Waals surface area (Å²) in [4.78, 5) is 0. The van der Waals surface area contributed by atoms with Crippen molar-refractivity contribution in [2.75, 3.05) is 0 Å². The Hall–Kier alpha value is -5.08. The summed E-state index contributed by atoms with van der Waals surface area (Å²) >= 11 is 0. The van der Waals surface area contributed by atoms with Crippen LogP contribution in [0.4, 0.5) is 0 Å². The summed E-state index contributed by atoms with van der Waals surface area (Å²) in [6.45, 7) is 8.37. The molecular formula is C72H112O20S4. The maximum Gasteiger partial charge on any atom is 0.269 e. The molecule has 0 heterocycles. The van der Waals surface area contributed by atoms with E-state index in [0.717, 1.165) is 128 Å². The molecule has 5 rings (SSSR count). The Balaban J connectivity index is 2.12. The van der Waals surface area contributed by atoms with Crippen LogP contribution in [0.5, 0.6) is 46.0 Å². The highest BCUT2D eigenvalue weighted by molar-refractivity contribution is 7.85. The Kier molecular flexibility index (Phi) is 33.2. The summed E-state index contributed by atoms with van der Waals surface area (Å²) < 4.78 is 149. The van der Waals surface area contributed by atoms with E-state index in [2.05, 4.69) is 27.7 Å². The van der Waals surface area contributed by atoms with Crippen LogP contribution in [0.1, 0.15) is 349 Å². The molecule has 544 valence electrons. The average molecular weight is 1430 g/mol. The van der Waals surface area contributed by atoms with Crippen molar-refractivity contribution >= 4 is 40.5 Å². The molecule has 4 aromatic rings. The first-order valence-corrected chi connectivity index (χ1v) is 41.9. The number of rotatable bonds is 44. The molecule has 4 aromatic carbocycles. The smallest absolute Gasteiger partial charge is 0.269 e. The second kappa shape index (κ2) is 39.1. The predicted octanol–water partition coefficient (Wildman–Crippen LogP) is 17.8. The number of aromatic hydroxyl groups is 8. The molecule has 8 bridgehead atoms. The van der Waals surface area contributed by atoms with Gasteiger partial charge in [0.1, 0.15) is 69.0 Å². The van der Waals surface area contributed by atoms with Gasteiger partial charge < -0.3 is 40.9 Å². The molecule has 0 unspecified atom stereocenters. The average Bonchev–Trinajstić information content (AvgIpc) is 0.743. The first-order valence-electron chi connectivity index (χ1n) is 35.5. The number of hydrogen-bond donors (Lipinski definition) is 12. The predicted molar refractivity (Wildman–Crippen MR) is 376 cm³/mol. The number of unbranched alkanes of at least 4 members (excludes halogenated alkanes) is 28. The zero-order valence-corrected chi connectivity index (χ0v) is 60.4. The van der Waals surface area contributed by atoms with Crippen LogP contribution in [0.2, 0.25) is 0 Å². The standard InChI is InChI=1S/C72H112O20S4/c1-5-9-13-17-21-25-29-33-37-49-53-41-55(67(75)61(65(53)73)45-93(81,82)83)50(38-34-30-26-22-18-14-10-6-2)57-43-59(71(79)63(69(57)77)47-95(87,88)89)52(40-36-32-28-24-20-16-12-8-4)60-44-58(70(78)64(72(60)80)48-96(90,91)92)51(39-35-31-27-23-19-15-11-7-3)56-42-54(49)66(74)62(68(56)76)46-94(84,85)86/h41-44,49-52,73-80H,5-40,45-48H2,1-4H3,(H,81,82,83)(H,84,85,86)(H,87,88,89)(H,90,91,92). The van der Waals surface area contributed by atoms with E-state index in [9.17, 15) is 92.7 Å². The monoisotopic (exact) mass is 1420 g/mol. The van der Waals surface area contributed by atoms with E-state index < -0.39 is 155 Å². The summed E-state index contributed by atoms with van der Waals surface area (Å²) in [5.41, 5.74) is -4.65. The SMILES string of the molecule is CCCCCCCCCCC1c2cc(c(O)c(CS(=O)(=O)O)c2O)C(CCCCCCCCCC)c2cc(c(O)c(CS(=O)(=O)O)c2O)C(CCCCCCCCCC)c2cc(c(O)c(CS(=O)(=O)O)c2O)C(CCCCCCCCCC)c2cc1c(O)c(CS(=O)(=O)O)c2O. The molecule has 12 N–H and O–H groups in total. The van der Waals surface area contributed by atoms with E-state index >= 15 is 0 Å². The van der Waals surface area contributed by atoms with Crippen molar-refractivity contribution in [3.8, 4) is 46.0 Å².